The summed E-state index contributed by atoms with van der Waals surface area (Å²) in [5.41, 5.74) is 0.342. The minimum absolute atomic E-state index is 0.216. The molecule has 0 spiro atoms. The Labute approximate surface area is 139 Å². The number of hydrogen-bond acceptors (Lipinski definition) is 5. The van der Waals surface area contributed by atoms with Crippen molar-refractivity contribution in [1.82, 2.24) is 14.9 Å². The summed E-state index contributed by atoms with van der Waals surface area (Å²) in [6.07, 6.45) is 0. The van der Waals surface area contributed by atoms with Gasteiger partial charge < -0.3 is 14.5 Å². The number of ether oxygens (including phenoxy) is 2. The van der Waals surface area contributed by atoms with Crippen LogP contribution < -0.4 is 15.0 Å². The maximum atomic E-state index is 12.3. The summed E-state index contributed by atoms with van der Waals surface area (Å²) >= 11 is 5.86. The standard InChI is InChI=1S/C16H20ClN3O3/c1-5-20(8-10(2)17)9-15-18-12-7-14(23-4)13(22-3)6-11(12)16(21)19-15/h6-7H,2,5,8-9H2,1,3-4H3,(H,18,19,21). The van der Waals surface area contributed by atoms with Crippen LogP contribution in [0.5, 0.6) is 11.5 Å². The highest BCUT2D eigenvalue weighted by molar-refractivity contribution is 6.29. The lowest BCUT2D eigenvalue weighted by Gasteiger charge is -2.19. The molecule has 0 bridgehead atoms. The fraction of sp³-hybridized carbons (Fsp3) is 0.375. The Morgan fingerprint density at radius 3 is 2.57 bits per heavy atom. The maximum Gasteiger partial charge on any atom is 0.258 e. The Morgan fingerprint density at radius 2 is 2.00 bits per heavy atom. The summed E-state index contributed by atoms with van der Waals surface area (Å²) in [7, 11) is 3.07. The Hall–Kier alpha value is -2.05. The fourth-order valence-electron chi connectivity index (χ4n) is 2.32. The second-order valence-electron chi connectivity index (χ2n) is 5.06. The molecule has 1 aromatic carbocycles. The Morgan fingerprint density at radius 1 is 1.35 bits per heavy atom. The average Bonchev–Trinajstić information content (AvgIpc) is 2.52. The molecular formula is C16H20ClN3O3. The molecule has 0 aliphatic rings. The number of fused-ring (bicyclic) bond motifs is 1. The van der Waals surface area contributed by atoms with Crippen molar-refractivity contribution in [3.63, 3.8) is 0 Å². The summed E-state index contributed by atoms with van der Waals surface area (Å²) in [5, 5.41) is 0.998. The van der Waals surface area contributed by atoms with Crippen LogP contribution in [0.25, 0.3) is 10.9 Å². The monoisotopic (exact) mass is 337 g/mol. The van der Waals surface area contributed by atoms with E-state index >= 15 is 0 Å². The predicted molar refractivity (Wildman–Crippen MR) is 91.4 cm³/mol. The van der Waals surface area contributed by atoms with Crippen molar-refractivity contribution in [3.05, 3.63) is 39.9 Å². The van der Waals surface area contributed by atoms with Gasteiger partial charge in [-0.2, -0.15) is 0 Å². The zero-order valence-electron chi connectivity index (χ0n) is 13.5. The van der Waals surface area contributed by atoms with E-state index in [0.29, 0.717) is 46.3 Å². The number of aromatic amines is 1. The smallest absolute Gasteiger partial charge is 0.258 e. The minimum atomic E-state index is -0.216. The number of rotatable bonds is 7. The van der Waals surface area contributed by atoms with Gasteiger partial charge in [-0.1, -0.05) is 25.1 Å². The molecule has 6 nitrogen and oxygen atoms in total. The Kier molecular flexibility index (Phi) is 5.63. The van der Waals surface area contributed by atoms with E-state index in [1.54, 1.807) is 19.2 Å². The zero-order chi connectivity index (χ0) is 17.0. The summed E-state index contributed by atoms with van der Waals surface area (Å²) < 4.78 is 10.5. The maximum absolute atomic E-state index is 12.3. The number of H-pyrrole nitrogens is 1. The number of nitrogens with one attached hydrogen (secondary N) is 1. The van der Waals surface area contributed by atoms with Crippen molar-refractivity contribution in [2.75, 3.05) is 27.3 Å². The highest BCUT2D eigenvalue weighted by atomic mass is 35.5. The van der Waals surface area contributed by atoms with E-state index in [4.69, 9.17) is 21.1 Å². The summed E-state index contributed by atoms with van der Waals surface area (Å²) in [6.45, 7) is 7.47. The van der Waals surface area contributed by atoms with E-state index in [1.807, 2.05) is 11.8 Å². The molecule has 0 fully saturated rings. The van der Waals surface area contributed by atoms with Gasteiger partial charge in [0.2, 0.25) is 0 Å². The molecular weight excluding hydrogens is 318 g/mol. The molecule has 1 N–H and O–H groups in total. The quantitative estimate of drug-likeness (QED) is 0.840. The van der Waals surface area contributed by atoms with Gasteiger partial charge in [0.15, 0.2) is 11.5 Å². The molecule has 0 amide bonds. The zero-order valence-corrected chi connectivity index (χ0v) is 14.2. The normalized spacial score (nSPS) is 11.0. The number of methoxy groups -OCH3 is 2. The van der Waals surface area contributed by atoms with E-state index in [2.05, 4.69) is 16.5 Å². The van der Waals surface area contributed by atoms with E-state index < -0.39 is 0 Å². The summed E-state index contributed by atoms with van der Waals surface area (Å²) in [5.74, 6) is 1.59. The van der Waals surface area contributed by atoms with Crippen molar-refractivity contribution in [2.24, 2.45) is 0 Å². The first-order valence-electron chi connectivity index (χ1n) is 7.19. The first-order valence-corrected chi connectivity index (χ1v) is 7.56. The third kappa shape index (κ3) is 4.03. The number of halogens is 1. The van der Waals surface area contributed by atoms with Crippen LogP contribution >= 0.6 is 11.6 Å². The number of nitrogens with zero attached hydrogens (tertiary/aromatic N) is 2. The predicted octanol–water partition coefficient (Wildman–Crippen LogP) is 2.51. The molecule has 0 aliphatic carbocycles. The molecule has 0 aliphatic heterocycles. The lowest BCUT2D eigenvalue weighted by atomic mass is 10.2. The van der Waals surface area contributed by atoms with E-state index in [9.17, 15) is 4.79 Å². The van der Waals surface area contributed by atoms with Crippen LogP contribution in [0, 0.1) is 0 Å². The van der Waals surface area contributed by atoms with Crippen LogP contribution in [0.1, 0.15) is 12.7 Å². The van der Waals surface area contributed by atoms with Crippen LogP contribution in [0.3, 0.4) is 0 Å². The molecule has 1 aromatic heterocycles. The van der Waals surface area contributed by atoms with E-state index in [1.165, 1.54) is 7.11 Å². The van der Waals surface area contributed by atoms with Crippen molar-refractivity contribution in [1.29, 1.82) is 0 Å². The van der Waals surface area contributed by atoms with Crippen LogP contribution in [0.15, 0.2) is 28.5 Å². The van der Waals surface area contributed by atoms with E-state index in [0.717, 1.165) is 6.54 Å². The minimum Gasteiger partial charge on any atom is -0.493 e. The summed E-state index contributed by atoms with van der Waals surface area (Å²) in [4.78, 5) is 21.6. The van der Waals surface area contributed by atoms with Gasteiger partial charge in [-0.05, 0) is 12.6 Å². The van der Waals surface area contributed by atoms with Crippen molar-refractivity contribution < 1.29 is 9.47 Å². The molecule has 7 heteroatoms. The molecule has 0 saturated heterocycles. The SMILES string of the molecule is C=C(Cl)CN(CC)Cc1nc2cc(OC)c(OC)cc2c(=O)[nH]1. The molecule has 0 unspecified atom stereocenters. The Bertz CT molecular complexity index is 773. The molecule has 23 heavy (non-hydrogen) atoms. The first kappa shape index (κ1) is 17.3. The molecule has 0 radical (unpaired) electrons. The lowest BCUT2D eigenvalue weighted by Crippen LogP contribution is -2.26. The van der Waals surface area contributed by atoms with Gasteiger partial charge in [0.05, 0.1) is 31.7 Å². The van der Waals surface area contributed by atoms with Gasteiger partial charge in [-0.3, -0.25) is 9.69 Å². The molecule has 1 heterocycles. The molecule has 2 aromatic rings. The second kappa shape index (κ2) is 7.48. The average molecular weight is 338 g/mol. The van der Waals surface area contributed by atoms with Crippen molar-refractivity contribution in [3.8, 4) is 11.5 Å². The van der Waals surface area contributed by atoms with Crippen molar-refractivity contribution >= 4 is 22.5 Å². The largest absolute Gasteiger partial charge is 0.493 e. The summed E-state index contributed by atoms with van der Waals surface area (Å²) in [6, 6.07) is 3.33. The molecule has 124 valence electrons. The topological polar surface area (TPSA) is 67.5 Å². The lowest BCUT2D eigenvalue weighted by molar-refractivity contribution is 0.301. The molecule has 0 saturated carbocycles. The van der Waals surface area contributed by atoms with Gasteiger partial charge in [-0.15, -0.1) is 0 Å². The van der Waals surface area contributed by atoms with Gasteiger partial charge >= 0.3 is 0 Å². The Balaban J connectivity index is 2.44. The molecule has 2 rings (SSSR count). The highest BCUT2D eigenvalue weighted by Gasteiger charge is 2.12. The van der Waals surface area contributed by atoms with Gasteiger partial charge in [0.25, 0.3) is 5.56 Å². The van der Waals surface area contributed by atoms with Crippen LogP contribution in [-0.2, 0) is 6.54 Å². The molecule has 0 atom stereocenters. The fourth-order valence-corrected chi connectivity index (χ4v) is 2.49. The van der Waals surface area contributed by atoms with E-state index in [-0.39, 0.29) is 5.56 Å². The number of likely N-dealkylation sites (N-methyl/N-ethyl adjacent to an activating group) is 1. The third-order valence-corrected chi connectivity index (χ3v) is 3.60. The highest BCUT2D eigenvalue weighted by Crippen LogP contribution is 2.29. The number of aromatic nitrogens is 2. The van der Waals surface area contributed by atoms with Crippen LogP contribution in [0.2, 0.25) is 0 Å². The van der Waals surface area contributed by atoms with Crippen LogP contribution in [0.4, 0.5) is 0 Å². The second-order valence-corrected chi connectivity index (χ2v) is 5.59. The van der Waals surface area contributed by atoms with Crippen LogP contribution in [-0.4, -0.2) is 42.2 Å². The first-order chi connectivity index (χ1) is 11.0. The third-order valence-electron chi connectivity index (χ3n) is 3.48. The number of benzene rings is 1. The number of hydrogen-bond donors (Lipinski definition) is 1. The van der Waals surface area contributed by atoms with Gasteiger partial charge in [0.1, 0.15) is 5.82 Å². The van der Waals surface area contributed by atoms with Crippen molar-refractivity contribution in [2.45, 2.75) is 13.5 Å². The van der Waals surface area contributed by atoms with Gasteiger partial charge in [0, 0.05) is 17.6 Å². The van der Waals surface area contributed by atoms with Gasteiger partial charge in [-0.25, -0.2) is 4.98 Å².